The molecule has 1 N–H and O–H groups in total. The standard InChI is InChI=1S/C14H15BrN2O2/c1-17-11-5-4-9(8-10(11)12(15)16-17)14(13(18)19)6-2-3-7-14/h4-5,8H,2-3,6-7H2,1H3,(H,18,19). The van der Waals surface area contributed by atoms with Crippen LogP contribution in [0.1, 0.15) is 31.2 Å². The quantitative estimate of drug-likeness (QED) is 0.923. The van der Waals surface area contributed by atoms with Crippen LogP contribution in [0.15, 0.2) is 22.8 Å². The van der Waals surface area contributed by atoms with Gasteiger partial charge in [0.25, 0.3) is 0 Å². The number of hydrogen-bond donors (Lipinski definition) is 1. The molecule has 1 saturated carbocycles. The molecule has 4 nitrogen and oxygen atoms in total. The summed E-state index contributed by atoms with van der Waals surface area (Å²) in [5, 5.41) is 14.9. The normalized spacial score (nSPS) is 18.0. The molecule has 0 saturated heterocycles. The molecule has 3 rings (SSSR count). The van der Waals surface area contributed by atoms with Gasteiger partial charge in [0, 0.05) is 12.4 Å². The van der Waals surface area contributed by atoms with Crippen LogP contribution in [0.4, 0.5) is 0 Å². The Kier molecular flexibility index (Phi) is 2.89. The van der Waals surface area contributed by atoms with E-state index in [1.807, 2.05) is 25.2 Å². The van der Waals surface area contributed by atoms with Crippen LogP contribution in [0.2, 0.25) is 0 Å². The van der Waals surface area contributed by atoms with Gasteiger partial charge in [0.05, 0.1) is 10.9 Å². The molecule has 1 aromatic heterocycles. The summed E-state index contributed by atoms with van der Waals surface area (Å²) in [4.78, 5) is 11.7. The predicted molar refractivity (Wildman–Crippen MR) is 76.2 cm³/mol. The third-order valence-corrected chi connectivity index (χ3v) is 4.81. The minimum Gasteiger partial charge on any atom is -0.481 e. The van der Waals surface area contributed by atoms with Crippen LogP contribution in [0.5, 0.6) is 0 Å². The Morgan fingerprint density at radius 2 is 2.11 bits per heavy atom. The number of aromatic nitrogens is 2. The lowest BCUT2D eigenvalue weighted by Gasteiger charge is -2.24. The first kappa shape index (κ1) is 12.7. The van der Waals surface area contributed by atoms with Crippen molar-refractivity contribution in [3.05, 3.63) is 28.4 Å². The lowest BCUT2D eigenvalue weighted by atomic mass is 9.78. The average molecular weight is 323 g/mol. The molecule has 0 amide bonds. The van der Waals surface area contributed by atoms with Gasteiger partial charge in [-0.1, -0.05) is 18.9 Å². The molecule has 1 fully saturated rings. The van der Waals surface area contributed by atoms with Gasteiger partial charge in [-0.05, 0) is 46.5 Å². The van der Waals surface area contributed by atoms with Gasteiger partial charge in [0.2, 0.25) is 0 Å². The highest BCUT2D eigenvalue weighted by molar-refractivity contribution is 9.10. The second kappa shape index (κ2) is 4.34. The van der Waals surface area contributed by atoms with Gasteiger partial charge in [-0.15, -0.1) is 0 Å². The molecule has 0 bridgehead atoms. The predicted octanol–water partition coefficient (Wildman–Crippen LogP) is 3.23. The first-order chi connectivity index (χ1) is 9.04. The Morgan fingerprint density at radius 3 is 2.74 bits per heavy atom. The number of benzene rings is 1. The van der Waals surface area contributed by atoms with E-state index >= 15 is 0 Å². The fourth-order valence-electron chi connectivity index (χ4n) is 3.13. The first-order valence-electron chi connectivity index (χ1n) is 6.41. The van der Waals surface area contributed by atoms with E-state index in [9.17, 15) is 9.90 Å². The van der Waals surface area contributed by atoms with Crippen molar-refractivity contribution < 1.29 is 9.90 Å². The van der Waals surface area contributed by atoms with Crippen LogP contribution in [0.3, 0.4) is 0 Å². The van der Waals surface area contributed by atoms with Crippen LogP contribution >= 0.6 is 15.9 Å². The van der Waals surface area contributed by atoms with Crippen molar-refractivity contribution in [3.63, 3.8) is 0 Å². The van der Waals surface area contributed by atoms with E-state index in [0.29, 0.717) is 0 Å². The Bertz CT molecular complexity index is 657. The largest absolute Gasteiger partial charge is 0.481 e. The number of rotatable bonds is 2. The number of aliphatic carboxylic acids is 1. The summed E-state index contributed by atoms with van der Waals surface area (Å²) in [6.45, 7) is 0. The van der Waals surface area contributed by atoms with Crippen molar-refractivity contribution in [1.82, 2.24) is 9.78 Å². The number of aryl methyl sites for hydroxylation is 1. The number of hydrogen-bond acceptors (Lipinski definition) is 2. The molecule has 5 heteroatoms. The number of carboxylic acids is 1. The molecule has 1 aromatic carbocycles. The zero-order valence-corrected chi connectivity index (χ0v) is 12.3. The zero-order chi connectivity index (χ0) is 13.6. The van der Waals surface area contributed by atoms with Gasteiger partial charge < -0.3 is 5.11 Å². The highest BCUT2D eigenvalue weighted by Gasteiger charge is 2.43. The van der Waals surface area contributed by atoms with Gasteiger partial charge in [-0.2, -0.15) is 5.10 Å². The van der Waals surface area contributed by atoms with E-state index in [-0.39, 0.29) is 0 Å². The third-order valence-electron chi connectivity index (χ3n) is 4.22. The van der Waals surface area contributed by atoms with Crippen LogP contribution < -0.4 is 0 Å². The SMILES string of the molecule is Cn1nc(Br)c2cc(C3(C(=O)O)CCCC3)ccc21. The van der Waals surface area contributed by atoms with Gasteiger partial charge in [-0.25, -0.2) is 0 Å². The lowest BCUT2D eigenvalue weighted by Crippen LogP contribution is -2.32. The van der Waals surface area contributed by atoms with Gasteiger partial charge in [0.1, 0.15) is 4.60 Å². The molecular weight excluding hydrogens is 308 g/mol. The maximum absolute atomic E-state index is 11.7. The summed E-state index contributed by atoms with van der Waals surface area (Å²) in [5.41, 5.74) is 1.21. The number of carboxylic acid groups (broad SMARTS) is 1. The van der Waals surface area contributed by atoms with E-state index < -0.39 is 11.4 Å². The van der Waals surface area contributed by atoms with Gasteiger partial charge in [0.15, 0.2) is 0 Å². The van der Waals surface area contributed by atoms with Crippen molar-refractivity contribution >= 4 is 32.8 Å². The summed E-state index contributed by atoms with van der Waals surface area (Å²) in [6, 6.07) is 5.88. The van der Waals surface area contributed by atoms with Crippen LogP contribution in [0.25, 0.3) is 10.9 Å². The molecule has 19 heavy (non-hydrogen) atoms. The molecule has 0 radical (unpaired) electrons. The second-order valence-corrected chi connectivity index (χ2v) is 5.99. The minimum absolute atomic E-state index is 0.704. The molecule has 1 aliphatic carbocycles. The minimum atomic E-state index is -0.705. The van der Waals surface area contributed by atoms with E-state index in [4.69, 9.17) is 0 Å². The third kappa shape index (κ3) is 1.79. The lowest BCUT2D eigenvalue weighted by molar-refractivity contribution is -0.143. The van der Waals surface area contributed by atoms with Crippen molar-refractivity contribution in [2.75, 3.05) is 0 Å². The average Bonchev–Trinajstić information content (AvgIpc) is 2.97. The van der Waals surface area contributed by atoms with Gasteiger partial charge in [-0.3, -0.25) is 9.48 Å². The summed E-state index contributed by atoms with van der Waals surface area (Å²) < 4.78 is 2.57. The van der Waals surface area contributed by atoms with Crippen molar-refractivity contribution in [2.45, 2.75) is 31.1 Å². The van der Waals surface area contributed by atoms with Crippen LogP contribution in [0, 0.1) is 0 Å². The van der Waals surface area contributed by atoms with Crippen LogP contribution in [-0.4, -0.2) is 20.9 Å². The smallest absolute Gasteiger partial charge is 0.314 e. The van der Waals surface area contributed by atoms with Crippen LogP contribution in [-0.2, 0) is 17.3 Å². The number of fused-ring (bicyclic) bond motifs is 1. The zero-order valence-electron chi connectivity index (χ0n) is 10.7. The Morgan fingerprint density at radius 1 is 1.42 bits per heavy atom. The van der Waals surface area contributed by atoms with E-state index in [1.54, 1.807) is 4.68 Å². The fourth-order valence-corrected chi connectivity index (χ4v) is 3.68. The van der Waals surface area contributed by atoms with Crippen molar-refractivity contribution in [1.29, 1.82) is 0 Å². The van der Waals surface area contributed by atoms with E-state index in [0.717, 1.165) is 46.8 Å². The molecule has 0 spiro atoms. The number of halogens is 1. The maximum Gasteiger partial charge on any atom is 0.314 e. The van der Waals surface area contributed by atoms with Crippen molar-refractivity contribution in [2.24, 2.45) is 7.05 Å². The summed E-state index contributed by atoms with van der Waals surface area (Å²) in [7, 11) is 1.88. The summed E-state index contributed by atoms with van der Waals surface area (Å²) in [6.07, 6.45) is 3.43. The number of carbonyl (C=O) groups is 1. The Labute approximate surface area is 119 Å². The Balaban J connectivity index is 2.20. The maximum atomic E-state index is 11.7. The highest BCUT2D eigenvalue weighted by atomic mass is 79.9. The summed E-state index contributed by atoms with van der Waals surface area (Å²) >= 11 is 3.44. The molecule has 0 aliphatic heterocycles. The highest BCUT2D eigenvalue weighted by Crippen LogP contribution is 2.42. The number of nitrogens with zero attached hydrogens (tertiary/aromatic N) is 2. The molecule has 1 heterocycles. The molecule has 1 aliphatic rings. The second-order valence-electron chi connectivity index (χ2n) is 5.24. The Hall–Kier alpha value is -1.36. The summed E-state index contributed by atoms with van der Waals surface area (Å²) in [5.74, 6) is -0.704. The van der Waals surface area contributed by atoms with Gasteiger partial charge >= 0.3 is 5.97 Å². The monoisotopic (exact) mass is 322 g/mol. The molecule has 2 aromatic rings. The van der Waals surface area contributed by atoms with E-state index in [2.05, 4.69) is 21.0 Å². The first-order valence-corrected chi connectivity index (χ1v) is 7.20. The van der Waals surface area contributed by atoms with Crippen molar-refractivity contribution in [3.8, 4) is 0 Å². The molecule has 0 atom stereocenters. The molecular formula is C14H15BrN2O2. The fraction of sp³-hybridized carbons (Fsp3) is 0.429. The molecule has 100 valence electrons. The molecule has 0 unspecified atom stereocenters. The van der Waals surface area contributed by atoms with E-state index in [1.165, 1.54) is 0 Å². The topological polar surface area (TPSA) is 55.1 Å².